The molecule has 0 amide bonds. The van der Waals surface area contributed by atoms with Gasteiger partial charge in [0.1, 0.15) is 0 Å². The number of hydrogen-bond donors (Lipinski definition) is 1. The van der Waals surface area contributed by atoms with Gasteiger partial charge < -0.3 is 15.0 Å². The number of nitrogens with one attached hydrogen (secondary N) is 1. The van der Waals surface area contributed by atoms with Crippen molar-refractivity contribution in [3.8, 4) is 0 Å². The van der Waals surface area contributed by atoms with Gasteiger partial charge in [-0.1, -0.05) is 0 Å². The molecule has 0 heterocycles. The predicted octanol–water partition coefficient (Wildman–Crippen LogP) is 0.871. The minimum atomic E-state index is -0.113. The Hall–Kier alpha value is -0.610. The van der Waals surface area contributed by atoms with E-state index in [1.54, 1.807) is 0 Å². The lowest BCUT2D eigenvalue weighted by Gasteiger charge is -2.09. The summed E-state index contributed by atoms with van der Waals surface area (Å²) in [5, 5.41) is 3.23. The van der Waals surface area contributed by atoms with Crippen LogP contribution in [0.25, 0.3) is 0 Å². The van der Waals surface area contributed by atoms with E-state index in [2.05, 4.69) is 24.3 Å². The largest absolute Gasteiger partial charge is 0.466 e. The van der Waals surface area contributed by atoms with Crippen molar-refractivity contribution in [3.05, 3.63) is 0 Å². The van der Waals surface area contributed by atoms with Gasteiger partial charge in [0.2, 0.25) is 0 Å². The summed E-state index contributed by atoms with van der Waals surface area (Å²) in [6.45, 7) is 5.13. The fraction of sp³-hybridized carbons (Fsp3) is 0.909. The van der Waals surface area contributed by atoms with E-state index in [1.165, 1.54) is 6.42 Å². The quantitative estimate of drug-likeness (QED) is 0.459. The molecular formula is C11H24N2O2. The van der Waals surface area contributed by atoms with Crippen molar-refractivity contribution in [2.75, 3.05) is 40.3 Å². The molecule has 0 aliphatic rings. The Kier molecular flexibility index (Phi) is 9.52. The van der Waals surface area contributed by atoms with Gasteiger partial charge in [0.25, 0.3) is 0 Å². The Bertz CT molecular complexity index is 161. The molecular weight excluding hydrogens is 192 g/mol. The van der Waals surface area contributed by atoms with Crippen molar-refractivity contribution in [1.29, 1.82) is 0 Å². The second-order valence-electron chi connectivity index (χ2n) is 3.82. The lowest BCUT2D eigenvalue weighted by molar-refractivity contribution is -0.142. The first-order valence-corrected chi connectivity index (χ1v) is 5.68. The zero-order valence-corrected chi connectivity index (χ0v) is 10.2. The molecule has 0 saturated carbocycles. The van der Waals surface area contributed by atoms with Crippen LogP contribution in [0.1, 0.15) is 26.2 Å². The molecule has 4 heteroatoms. The molecule has 1 N–H and O–H groups in total. The highest BCUT2D eigenvalue weighted by atomic mass is 16.5. The smallest absolute Gasteiger partial charge is 0.307 e. The van der Waals surface area contributed by atoms with Crippen LogP contribution in [0.5, 0.6) is 0 Å². The minimum Gasteiger partial charge on any atom is -0.466 e. The zero-order chi connectivity index (χ0) is 11.5. The molecule has 0 aliphatic carbocycles. The summed E-state index contributed by atoms with van der Waals surface area (Å²) in [6, 6.07) is 0. The van der Waals surface area contributed by atoms with Crippen LogP contribution >= 0.6 is 0 Å². The molecule has 0 aromatic carbocycles. The van der Waals surface area contributed by atoms with E-state index in [1.807, 2.05) is 6.92 Å². The van der Waals surface area contributed by atoms with Crippen LogP contribution in [-0.2, 0) is 9.53 Å². The maximum absolute atomic E-state index is 11.0. The van der Waals surface area contributed by atoms with E-state index in [0.717, 1.165) is 26.1 Å². The van der Waals surface area contributed by atoms with Crippen LogP contribution in [0, 0.1) is 0 Å². The summed E-state index contributed by atoms with van der Waals surface area (Å²) in [4.78, 5) is 13.1. The third-order valence-corrected chi connectivity index (χ3v) is 2.02. The Morgan fingerprint density at radius 3 is 2.60 bits per heavy atom. The van der Waals surface area contributed by atoms with E-state index in [0.29, 0.717) is 13.0 Å². The van der Waals surface area contributed by atoms with Crippen molar-refractivity contribution >= 4 is 5.97 Å². The Morgan fingerprint density at radius 1 is 1.27 bits per heavy atom. The van der Waals surface area contributed by atoms with Gasteiger partial charge in [-0.15, -0.1) is 0 Å². The average Bonchev–Trinajstić information content (AvgIpc) is 2.16. The first-order valence-electron chi connectivity index (χ1n) is 5.68. The Balaban J connectivity index is 3.08. The summed E-state index contributed by atoms with van der Waals surface area (Å²) >= 11 is 0. The first-order chi connectivity index (χ1) is 7.16. The molecule has 0 aromatic heterocycles. The van der Waals surface area contributed by atoms with Crippen LogP contribution in [0.4, 0.5) is 0 Å². The molecule has 4 nitrogen and oxygen atoms in total. The van der Waals surface area contributed by atoms with Gasteiger partial charge in [0.05, 0.1) is 13.0 Å². The molecule has 90 valence electrons. The number of esters is 1. The SMILES string of the molecule is CCOC(=O)CCNCCCCN(C)C. The molecule has 0 fully saturated rings. The molecule has 0 bridgehead atoms. The fourth-order valence-corrected chi connectivity index (χ4v) is 1.23. The maximum atomic E-state index is 11.0. The van der Waals surface area contributed by atoms with E-state index in [9.17, 15) is 4.79 Å². The molecule has 0 atom stereocenters. The van der Waals surface area contributed by atoms with Crippen molar-refractivity contribution in [1.82, 2.24) is 10.2 Å². The van der Waals surface area contributed by atoms with Crippen molar-refractivity contribution in [2.24, 2.45) is 0 Å². The van der Waals surface area contributed by atoms with Gasteiger partial charge >= 0.3 is 5.97 Å². The van der Waals surface area contributed by atoms with E-state index >= 15 is 0 Å². The van der Waals surface area contributed by atoms with E-state index in [-0.39, 0.29) is 5.97 Å². The molecule has 15 heavy (non-hydrogen) atoms. The number of carbonyl (C=O) groups excluding carboxylic acids is 1. The van der Waals surface area contributed by atoms with Gasteiger partial charge in [-0.05, 0) is 47.0 Å². The number of hydrogen-bond acceptors (Lipinski definition) is 4. The predicted molar refractivity (Wildman–Crippen MR) is 61.9 cm³/mol. The fourth-order valence-electron chi connectivity index (χ4n) is 1.23. The van der Waals surface area contributed by atoms with Gasteiger partial charge in [0, 0.05) is 6.54 Å². The number of rotatable bonds is 9. The highest BCUT2D eigenvalue weighted by molar-refractivity contribution is 5.69. The molecule has 0 spiro atoms. The summed E-state index contributed by atoms with van der Waals surface area (Å²) in [7, 11) is 4.16. The molecule has 0 aromatic rings. The number of unbranched alkanes of at least 4 members (excludes halogenated alkanes) is 1. The maximum Gasteiger partial charge on any atom is 0.307 e. The topological polar surface area (TPSA) is 41.6 Å². The van der Waals surface area contributed by atoms with Crippen molar-refractivity contribution in [3.63, 3.8) is 0 Å². The lowest BCUT2D eigenvalue weighted by atomic mass is 10.3. The van der Waals surface area contributed by atoms with Gasteiger partial charge in [-0.3, -0.25) is 4.79 Å². The first kappa shape index (κ1) is 14.4. The summed E-state index contributed by atoms with van der Waals surface area (Å²) in [5.41, 5.74) is 0. The van der Waals surface area contributed by atoms with Crippen LogP contribution in [0.3, 0.4) is 0 Å². The third-order valence-electron chi connectivity index (χ3n) is 2.02. The number of ether oxygens (including phenoxy) is 1. The standard InChI is InChI=1S/C11H24N2O2/c1-4-15-11(14)7-9-12-8-5-6-10-13(2)3/h12H,4-10H2,1-3H3. The summed E-state index contributed by atoms with van der Waals surface area (Å²) in [6.07, 6.45) is 2.82. The second kappa shape index (κ2) is 9.93. The minimum absolute atomic E-state index is 0.113. The van der Waals surface area contributed by atoms with Gasteiger partial charge in [0.15, 0.2) is 0 Å². The Morgan fingerprint density at radius 2 is 2.00 bits per heavy atom. The monoisotopic (exact) mass is 216 g/mol. The van der Waals surface area contributed by atoms with Gasteiger partial charge in [-0.25, -0.2) is 0 Å². The summed E-state index contributed by atoms with van der Waals surface area (Å²) in [5.74, 6) is -0.113. The van der Waals surface area contributed by atoms with Crippen molar-refractivity contribution in [2.45, 2.75) is 26.2 Å². The van der Waals surface area contributed by atoms with Crippen molar-refractivity contribution < 1.29 is 9.53 Å². The lowest BCUT2D eigenvalue weighted by Crippen LogP contribution is -2.21. The number of nitrogens with zero attached hydrogens (tertiary/aromatic N) is 1. The highest BCUT2D eigenvalue weighted by Gasteiger charge is 1.99. The molecule has 0 radical (unpaired) electrons. The highest BCUT2D eigenvalue weighted by Crippen LogP contribution is 1.89. The Labute approximate surface area is 93.0 Å². The molecule has 0 rings (SSSR count). The molecule has 0 saturated heterocycles. The van der Waals surface area contributed by atoms with Crippen LogP contribution < -0.4 is 5.32 Å². The van der Waals surface area contributed by atoms with Gasteiger partial charge in [-0.2, -0.15) is 0 Å². The second-order valence-corrected chi connectivity index (χ2v) is 3.82. The molecule has 0 aliphatic heterocycles. The van der Waals surface area contributed by atoms with Crippen LogP contribution in [-0.4, -0.2) is 51.2 Å². The van der Waals surface area contributed by atoms with E-state index in [4.69, 9.17) is 4.74 Å². The van der Waals surface area contributed by atoms with E-state index < -0.39 is 0 Å². The molecule has 0 unspecified atom stereocenters. The van der Waals surface area contributed by atoms with Crippen LogP contribution in [0.2, 0.25) is 0 Å². The normalized spacial score (nSPS) is 10.7. The summed E-state index contributed by atoms with van der Waals surface area (Å²) < 4.78 is 4.82. The average molecular weight is 216 g/mol. The number of carbonyl (C=O) groups is 1. The van der Waals surface area contributed by atoms with Crippen LogP contribution in [0.15, 0.2) is 0 Å². The third kappa shape index (κ3) is 11.3. The zero-order valence-electron chi connectivity index (χ0n) is 10.2.